The predicted octanol–water partition coefficient (Wildman–Crippen LogP) is 2.93. The molecule has 8 nitrogen and oxygen atoms in total. The molecule has 0 radical (unpaired) electrons. The lowest BCUT2D eigenvalue weighted by atomic mass is 9.91. The molecule has 0 aliphatic heterocycles. The monoisotopic (exact) mass is 390 g/mol. The van der Waals surface area contributed by atoms with Crippen molar-refractivity contribution in [1.82, 2.24) is 34.4 Å². The molecule has 150 valence electrons. The number of nitrogens with zero attached hydrogens (tertiary/aromatic N) is 6. The summed E-state index contributed by atoms with van der Waals surface area (Å²) < 4.78 is 3.89. The molecule has 4 aromatic rings. The van der Waals surface area contributed by atoms with E-state index in [1.54, 1.807) is 0 Å². The standard InChI is InChI=1S/C21H26N8/c1-13-24-18-9-8-17(26-20(18)28(13)3)16-10-11-29-19(16)12-23-21(27-29)25-15-6-4-14(22-2)5-7-15/h8-12,14-15,22H,4-7H2,1-3H3,(H,25,27). The van der Waals surface area contributed by atoms with Crippen LogP contribution < -0.4 is 10.6 Å². The van der Waals surface area contributed by atoms with Crippen molar-refractivity contribution >= 4 is 22.6 Å². The number of aromatic nitrogens is 6. The molecule has 1 saturated carbocycles. The number of aryl methyl sites for hydroxylation is 2. The van der Waals surface area contributed by atoms with E-state index < -0.39 is 0 Å². The van der Waals surface area contributed by atoms with Crippen LogP contribution in [0.25, 0.3) is 27.9 Å². The minimum absolute atomic E-state index is 0.434. The van der Waals surface area contributed by atoms with E-state index in [1.807, 2.05) is 60.7 Å². The van der Waals surface area contributed by atoms with Gasteiger partial charge >= 0.3 is 0 Å². The molecule has 0 unspecified atom stereocenters. The molecular formula is C21H26N8. The Kier molecular flexibility index (Phi) is 4.43. The molecule has 0 spiro atoms. The zero-order chi connectivity index (χ0) is 20.0. The first kappa shape index (κ1) is 18.1. The van der Waals surface area contributed by atoms with Gasteiger partial charge in [0.25, 0.3) is 0 Å². The minimum atomic E-state index is 0.434. The quantitative estimate of drug-likeness (QED) is 0.557. The Morgan fingerprint density at radius 3 is 2.62 bits per heavy atom. The fraction of sp³-hybridized carbons (Fsp3) is 0.429. The summed E-state index contributed by atoms with van der Waals surface area (Å²) in [5.74, 6) is 1.63. The number of hydrogen-bond donors (Lipinski definition) is 2. The maximum absolute atomic E-state index is 4.83. The highest BCUT2D eigenvalue weighted by molar-refractivity contribution is 5.82. The molecule has 1 fully saturated rings. The van der Waals surface area contributed by atoms with Crippen molar-refractivity contribution < 1.29 is 0 Å². The number of imidazole rings is 1. The fourth-order valence-electron chi connectivity index (χ4n) is 4.22. The molecule has 1 aliphatic carbocycles. The number of pyridine rings is 1. The molecule has 8 heteroatoms. The predicted molar refractivity (Wildman–Crippen MR) is 114 cm³/mol. The van der Waals surface area contributed by atoms with Crippen LogP contribution in [-0.4, -0.2) is 48.3 Å². The SMILES string of the molecule is CNC1CCC(Nc2ncc3c(-c4ccc5nc(C)n(C)c5n4)ccn3n2)CC1. The maximum Gasteiger partial charge on any atom is 0.241 e. The minimum Gasteiger partial charge on any atom is -0.350 e. The highest BCUT2D eigenvalue weighted by Crippen LogP contribution is 2.26. The van der Waals surface area contributed by atoms with Gasteiger partial charge in [0.05, 0.1) is 17.4 Å². The van der Waals surface area contributed by atoms with E-state index in [0.717, 1.165) is 46.6 Å². The van der Waals surface area contributed by atoms with Crippen molar-refractivity contribution in [3.05, 3.63) is 36.4 Å². The summed E-state index contributed by atoms with van der Waals surface area (Å²) in [4.78, 5) is 13.9. The van der Waals surface area contributed by atoms with Crippen LogP contribution in [0.2, 0.25) is 0 Å². The lowest BCUT2D eigenvalue weighted by molar-refractivity contribution is 0.370. The molecule has 4 heterocycles. The summed E-state index contributed by atoms with van der Waals surface area (Å²) >= 11 is 0. The molecule has 0 amide bonds. The lowest BCUT2D eigenvalue weighted by Gasteiger charge is -2.28. The van der Waals surface area contributed by atoms with Gasteiger partial charge in [-0.3, -0.25) is 0 Å². The van der Waals surface area contributed by atoms with Gasteiger partial charge in [-0.1, -0.05) is 0 Å². The van der Waals surface area contributed by atoms with Crippen molar-refractivity contribution in [2.75, 3.05) is 12.4 Å². The van der Waals surface area contributed by atoms with Crippen LogP contribution in [0.15, 0.2) is 30.6 Å². The lowest BCUT2D eigenvalue weighted by Crippen LogP contribution is -2.35. The Morgan fingerprint density at radius 2 is 1.83 bits per heavy atom. The first-order valence-electron chi connectivity index (χ1n) is 10.2. The number of nitrogens with one attached hydrogen (secondary N) is 2. The molecule has 0 bridgehead atoms. The van der Waals surface area contributed by atoms with Crippen molar-refractivity contribution in [2.45, 2.75) is 44.7 Å². The van der Waals surface area contributed by atoms with E-state index in [1.165, 1.54) is 12.8 Å². The maximum atomic E-state index is 4.83. The Hall–Kier alpha value is -3.00. The second-order valence-corrected chi connectivity index (χ2v) is 7.88. The summed E-state index contributed by atoms with van der Waals surface area (Å²) in [7, 11) is 4.03. The number of fused-ring (bicyclic) bond motifs is 2. The van der Waals surface area contributed by atoms with E-state index in [0.29, 0.717) is 18.0 Å². The van der Waals surface area contributed by atoms with Gasteiger partial charge < -0.3 is 15.2 Å². The first-order valence-corrected chi connectivity index (χ1v) is 10.2. The van der Waals surface area contributed by atoms with Crippen molar-refractivity contribution in [1.29, 1.82) is 0 Å². The van der Waals surface area contributed by atoms with Crippen LogP contribution in [0.1, 0.15) is 31.5 Å². The highest BCUT2D eigenvalue weighted by Gasteiger charge is 2.20. The molecule has 2 N–H and O–H groups in total. The van der Waals surface area contributed by atoms with Gasteiger partial charge in [-0.2, -0.15) is 0 Å². The van der Waals surface area contributed by atoms with Gasteiger partial charge in [-0.05, 0) is 57.9 Å². The Labute approximate surface area is 169 Å². The van der Waals surface area contributed by atoms with E-state index in [9.17, 15) is 0 Å². The van der Waals surface area contributed by atoms with Gasteiger partial charge in [0, 0.05) is 30.9 Å². The van der Waals surface area contributed by atoms with E-state index in [2.05, 4.69) is 25.7 Å². The van der Waals surface area contributed by atoms with Crippen LogP contribution >= 0.6 is 0 Å². The molecular weight excluding hydrogens is 364 g/mol. The zero-order valence-electron chi connectivity index (χ0n) is 17.1. The van der Waals surface area contributed by atoms with Gasteiger partial charge in [-0.15, -0.1) is 5.10 Å². The topological polar surface area (TPSA) is 85.0 Å². The normalized spacial score (nSPS) is 19.8. The second-order valence-electron chi connectivity index (χ2n) is 7.88. The Morgan fingerprint density at radius 1 is 1.03 bits per heavy atom. The highest BCUT2D eigenvalue weighted by atomic mass is 15.3. The van der Waals surface area contributed by atoms with Crippen molar-refractivity contribution in [3.8, 4) is 11.3 Å². The molecule has 0 atom stereocenters. The van der Waals surface area contributed by atoms with Crippen molar-refractivity contribution in [3.63, 3.8) is 0 Å². The molecule has 5 rings (SSSR count). The largest absolute Gasteiger partial charge is 0.350 e. The summed E-state index contributed by atoms with van der Waals surface area (Å²) in [6.07, 6.45) is 8.49. The van der Waals surface area contributed by atoms with Gasteiger partial charge in [0.1, 0.15) is 11.3 Å². The van der Waals surface area contributed by atoms with Crippen LogP contribution in [0.3, 0.4) is 0 Å². The number of rotatable bonds is 4. The zero-order valence-corrected chi connectivity index (χ0v) is 17.1. The molecule has 0 aromatic carbocycles. The van der Waals surface area contributed by atoms with E-state index in [4.69, 9.17) is 4.98 Å². The molecule has 4 aromatic heterocycles. The third-order valence-electron chi connectivity index (χ3n) is 6.10. The summed E-state index contributed by atoms with van der Waals surface area (Å²) in [5, 5.41) is 11.5. The van der Waals surface area contributed by atoms with Crippen LogP contribution in [0.5, 0.6) is 0 Å². The molecule has 29 heavy (non-hydrogen) atoms. The third-order valence-corrected chi connectivity index (χ3v) is 6.10. The third kappa shape index (κ3) is 3.23. The van der Waals surface area contributed by atoms with Crippen LogP contribution in [0, 0.1) is 6.92 Å². The average Bonchev–Trinajstić information content (AvgIpc) is 3.29. The molecule has 0 saturated heterocycles. The van der Waals surface area contributed by atoms with Gasteiger partial charge in [0.2, 0.25) is 5.95 Å². The summed E-state index contributed by atoms with van der Waals surface area (Å²) in [5.41, 5.74) is 4.66. The molecule has 1 aliphatic rings. The van der Waals surface area contributed by atoms with Gasteiger partial charge in [0.15, 0.2) is 5.65 Å². The van der Waals surface area contributed by atoms with Gasteiger partial charge in [-0.25, -0.2) is 19.5 Å². The summed E-state index contributed by atoms with van der Waals surface area (Å²) in [6, 6.07) is 7.15. The smallest absolute Gasteiger partial charge is 0.241 e. The van der Waals surface area contributed by atoms with Crippen LogP contribution in [0.4, 0.5) is 5.95 Å². The van der Waals surface area contributed by atoms with E-state index >= 15 is 0 Å². The number of hydrogen-bond acceptors (Lipinski definition) is 6. The fourth-order valence-corrected chi connectivity index (χ4v) is 4.22. The second kappa shape index (κ2) is 7.11. The van der Waals surface area contributed by atoms with Crippen molar-refractivity contribution in [2.24, 2.45) is 7.05 Å². The Balaban J connectivity index is 1.41. The number of anilines is 1. The first-order chi connectivity index (χ1) is 14.1. The Bertz CT molecular complexity index is 1170. The average molecular weight is 390 g/mol. The van der Waals surface area contributed by atoms with Crippen LogP contribution in [-0.2, 0) is 7.05 Å². The van der Waals surface area contributed by atoms with E-state index in [-0.39, 0.29) is 0 Å². The summed E-state index contributed by atoms with van der Waals surface area (Å²) in [6.45, 7) is 1.99.